The van der Waals surface area contributed by atoms with Crippen molar-refractivity contribution >= 4 is 10.8 Å². The van der Waals surface area contributed by atoms with Gasteiger partial charge in [0, 0.05) is 6.42 Å². The van der Waals surface area contributed by atoms with E-state index in [-0.39, 0.29) is 13.0 Å². The fraction of sp³-hybridized carbons (Fsp3) is 0.375. The molecule has 2 aromatic carbocycles. The van der Waals surface area contributed by atoms with Crippen molar-refractivity contribution in [2.24, 2.45) is 0 Å². The zero-order chi connectivity index (χ0) is 14.8. The van der Waals surface area contributed by atoms with Crippen LogP contribution in [0.25, 0.3) is 10.8 Å². The molecule has 0 unspecified atom stereocenters. The third kappa shape index (κ3) is 3.01. The van der Waals surface area contributed by atoms with Crippen molar-refractivity contribution in [2.45, 2.75) is 31.0 Å². The molecule has 2 aromatic rings. The molecule has 1 aliphatic heterocycles. The number of hydrogen-bond donors (Lipinski definition) is 3. The van der Waals surface area contributed by atoms with Crippen LogP contribution in [0.2, 0.25) is 0 Å². The van der Waals surface area contributed by atoms with E-state index in [0.717, 1.165) is 10.8 Å². The maximum absolute atomic E-state index is 9.78. The van der Waals surface area contributed by atoms with Gasteiger partial charge in [-0.25, -0.2) is 0 Å². The van der Waals surface area contributed by atoms with E-state index in [2.05, 4.69) is 0 Å². The Balaban J connectivity index is 1.75. The summed E-state index contributed by atoms with van der Waals surface area (Å²) in [6.07, 6.45) is -3.43. The second-order valence-electron chi connectivity index (χ2n) is 5.21. The molecule has 1 heterocycles. The molecule has 5 nitrogen and oxygen atoms in total. The minimum atomic E-state index is -1.09. The fourth-order valence-electron chi connectivity index (χ4n) is 2.53. The molecule has 3 N–H and O–H groups in total. The van der Waals surface area contributed by atoms with Crippen LogP contribution in [0.15, 0.2) is 42.5 Å². The van der Waals surface area contributed by atoms with Crippen LogP contribution in [0.3, 0.4) is 0 Å². The lowest BCUT2D eigenvalue weighted by Gasteiger charge is -2.36. The van der Waals surface area contributed by atoms with E-state index < -0.39 is 24.6 Å². The first kappa shape index (κ1) is 14.3. The van der Waals surface area contributed by atoms with Crippen LogP contribution in [-0.2, 0) is 4.74 Å². The summed E-state index contributed by atoms with van der Waals surface area (Å²) >= 11 is 0. The number of fused-ring (bicyclic) bond motifs is 1. The molecule has 0 amide bonds. The van der Waals surface area contributed by atoms with Gasteiger partial charge in [-0.2, -0.15) is 0 Å². The van der Waals surface area contributed by atoms with Crippen molar-refractivity contribution in [3.63, 3.8) is 0 Å². The van der Waals surface area contributed by atoms with Crippen LogP contribution in [0.4, 0.5) is 0 Å². The number of hydrogen-bond acceptors (Lipinski definition) is 5. The van der Waals surface area contributed by atoms with E-state index >= 15 is 0 Å². The molecule has 4 atom stereocenters. The van der Waals surface area contributed by atoms with Crippen molar-refractivity contribution in [3.8, 4) is 5.75 Å². The summed E-state index contributed by atoms with van der Waals surface area (Å²) in [5.74, 6) is 0.624. The monoisotopic (exact) mass is 290 g/mol. The van der Waals surface area contributed by atoms with Crippen LogP contribution in [0, 0.1) is 0 Å². The number of rotatable bonds is 3. The summed E-state index contributed by atoms with van der Waals surface area (Å²) in [5.41, 5.74) is 0. The Morgan fingerprint density at radius 1 is 1.10 bits per heavy atom. The second kappa shape index (κ2) is 5.99. The van der Waals surface area contributed by atoms with Gasteiger partial charge in [0.1, 0.15) is 18.0 Å². The fourth-order valence-corrected chi connectivity index (χ4v) is 2.53. The van der Waals surface area contributed by atoms with E-state index in [1.807, 2.05) is 42.5 Å². The lowest BCUT2D eigenvalue weighted by Crippen LogP contribution is -2.51. The van der Waals surface area contributed by atoms with Gasteiger partial charge in [0.05, 0.1) is 12.7 Å². The highest BCUT2D eigenvalue weighted by atomic mass is 16.7. The molecule has 0 aliphatic carbocycles. The van der Waals surface area contributed by atoms with Gasteiger partial charge in [-0.15, -0.1) is 0 Å². The average Bonchev–Trinajstić information content (AvgIpc) is 2.50. The second-order valence-corrected chi connectivity index (χ2v) is 5.21. The van der Waals surface area contributed by atoms with Crippen molar-refractivity contribution < 1.29 is 24.8 Å². The van der Waals surface area contributed by atoms with Gasteiger partial charge in [-0.3, -0.25) is 0 Å². The van der Waals surface area contributed by atoms with Gasteiger partial charge in [0.15, 0.2) is 0 Å². The molecule has 5 heteroatoms. The quantitative estimate of drug-likeness (QED) is 0.787. The summed E-state index contributed by atoms with van der Waals surface area (Å²) in [6.45, 7) is -0.365. The van der Waals surface area contributed by atoms with Gasteiger partial charge in [0.2, 0.25) is 6.29 Å². The molecule has 1 aliphatic rings. The van der Waals surface area contributed by atoms with Crippen molar-refractivity contribution in [1.82, 2.24) is 0 Å². The molecular formula is C16H18O5. The summed E-state index contributed by atoms with van der Waals surface area (Å²) in [5, 5.41) is 30.8. The summed E-state index contributed by atoms with van der Waals surface area (Å²) in [6, 6.07) is 13.6. The molecule has 1 fully saturated rings. The molecule has 0 aromatic heterocycles. The number of aliphatic hydroxyl groups is 3. The Morgan fingerprint density at radius 3 is 2.62 bits per heavy atom. The summed E-state index contributed by atoms with van der Waals surface area (Å²) in [7, 11) is 0. The lowest BCUT2D eigenvalue weighted by atomic mass is 10.0. The van der Waals surface area contributed by atoms with Crippen LogP contribution < -0.4 is 4.74 Å². The Bertz CT molecular complexity index is 614. The normalized spacial score (nSPS) is 29.5. The number of aliphatic hydroxyl groups excluding tert-OH is 3. The third-order valence-corrected chi connectivity index (χ3v) is 3.70. The minimum Gasteiger partial charge on any atom is -0.465 e. The maximum Gasteiger partial charge on any atom is 0.202 e. The highest BCUT2D eigenvalue weighted by molar-refractivity contribution is 5.83. The van der Waals surface area contributed by atoms with Crippen molar-refractivity contribution in [3.05, 3.63) is 42.5 Å². The molecule has 0 spiro atoms. The zero-order valence-corrected chi connectivity index (χ0v) is 11.4. The van der Waals surface area contributed by atoms with E-state index in [0.29, 0.717) is 5.75 Å². The molecule has 3 rings (SSSR count). The van der Waals surface area contributed by atoms with Crippen LogP contribution >= 0.6 is 0 Å². The van der Waals surface area contributed by atoms with Gasteiger partial charge in [-0.1, -0.05) is 30.3 Å². The van der Waals surface area contributed by atoms with Gasteiger partial charge >= 0.3 is 0 Å². The molecule has 112 valence electrons. The highest BCUT2D eigenvalue weighted by Gasteiger charge is 2.37. The van der Waals surface area contributed by atoms with E-state index in [9.17, 15) is 10.2 Å². The largest absolute Gasteiger partial charge is 0.465 e. The first-order valence-corrected chi connectivity index (χ1v) is 6.95. The van der Waals surface area contributed by atoms with Gasteiger partial charge < -0.3 is 24.8 Å². The first-order valence-electron chi connectivity index (χ1n) is 6.95. The minimum absolute atomic E-state index is 0.157. The van der Waals surface area contributed by atoms with Crippen LogP contribution in [-0.4, -0.2) is 46.5 Å². The molecule has 0 radical (unpaired) electrons. The standard InChI is InChI=1S/C16H18O5/c17-9-14-16(19)13(18)8-15(21-14)20-12-6-5-10-3-1-2-4-11(10)7-12/h1-7,13-19H,8-9H2/t13-,14-,15+,16+/m1/s1. The number of benzene rings is 2. The van der Waals surface area contributed by atoms with Crippen molar-refractivity contribution in [1.29, 1.82) is 0 Å². The van der Waals surface area contributed by atoms with Gasteiger partial charge in [0.25, 0.3) is 0 Å². The molecular weight excluding hydrogens is 272 g/mol. The van der Waals surface area contributed by atoms with E-state index in [4.69, 9.17) is 14.6 Å². The highest BCUT2D eigenvalue weighted by Crippen LogP contribution is 2.26. The van der Waals surface area contributed by atoms with Crippen LogP contribution in [0.1, 0.15) is 6.42 Å². The zero-order valence-electron chi connectivity index (χ0n) is 11.4. The predicted molar refractivity (Wildman–Crippen MR) is 77.0 cm³/mol. The SMILES string of the molecule is OC[C@H]1O[C@H](Oc2ccc3ccccc3c2)C[C@@H](O)[C@@H]1O. The van der Waals surface area contributed by atoms with E-state index in [1.165, 1.54) is 0 Å². The van der Waals surface area contributed by atoms with Crippen LogP contribution in [0.5, 0.6) is 5.75 Å². The topological polar surface area (TPSA) is 79.2 Å². The first-order chi connectivity index (χ1) is 10.2. The maximum atomic E-state index is 9.78. The molecule has 21 heavy (non-hydrogen) atoms. The average molecular weight is 290 g/mol. The predicted octanol–water partition coefficient (Wildman–Crippen LogP) is 1.05. The third-order valence-electron chi connectivity index (χ3n) is 3.70. The van der Waals surface area contributed by atoms with Crippen molar-refractivity contribution in [2.75, 3.05) is 6.61 Å². The Morgan fingerprint density at radius 2 is 1.86 bits per heavy atom. The summed E-state index contributed by atoms with van der Waals surface area (Å²) < 4.78 is 11.2. The van der Waals surface area contributed by atoms with Gasteiger partial charge in [-0.05, 0) is 22.9 Å². The lowest BCUT2D eigenvalue weighted by molar-refractivity contribution is -0.229. The Labute approximate surface area is 122 Å². The number of ether oxygens (including phenoxy) is 2. The molecule has 1 saturated heterocycles. The molecule has 0 bridgehead atoms. The molecule has 0 saturated carbocycles. The Kier molecular flexibility index (Phi) is 4.07. The van der Waals surface area contributed by atoms with E-state index in [1.54, 1.807) is 0 Å². The summed E-state index contributed by atoms with van der Waals surface area (Å²) in [4.78, 5) is 0. The Hall–Kier alpha value is -1.66. The smallest absolute Gasteiger partial charge is 0.202 e.